The summed E-state index contributed by atoms with van der Waals surface area (Å²) in [6.45, 7) is 3.02. The highest BCUT2D eigenvalue weighted by atomic mass is 79.9. The van der Waals surface area contributed by atoms with Crippen molar-refractivity contribution in [1.82, 2.24) is 0 Å². The Hall–Kier alpha value is -2.40. The summed E-state index contributed by atoms with van der Waals surface area (Å²) in [5, 5.41) is 12.5. The van der Waals surface area contributed by atoms with Crippen molar-refractivity contribution in [2.24, 2.45) is 0 Å². The van der Waals surface area contributed by atoms with E-state index in [1.54, 1.807) is 0 Å². The predicted octanol–water partition coefficient (Wildman–Crippen LogP) is 10.7. The highest BCUT2D eigenvalue weighted by Gasteiger charge is 2.44. The summed E-state index contributed by atoms with van der Waals surface area (Å²) in [7, 11) is 0. The van der Waals surface area contributed by atoms with Gasteiger partial charge in [-0.05, 0) is 65.1 Å². The molecule has 0 amide bonds. The quantitative estimate of drug-likeness (QED) is 0.155. The van der Waals surface area contributed by atoms with Crippen molar-refractivity contribution in [1.29, 1.82) is 0 Å². The Labute approximate surface area is 249 Å². The molecule has 2 nitrogen and oxygen atoms in total. The van der Waals surface area contributed by atoms with E-state index in [9.17, 15) is 5.11 Å². The van der Waals surface area contributed by atoms with E-state index in [2.05, 4.69) is 69.1 Å². The zero-order chi connectivity index (χ0) is 27.2. The van der Waals surface area contributed by atoms with Crippen molar-refractivity contribution in [2.75, 3.05) is 6.61 Å². The van der Waals surface area contributed by atoms with Crippen molar-refractivity contribution in [3.05, 3.63) is 111 Å². The van der Waals surface area contributed by atoms with Crippen LogP contribution in [0.2, 0.25) is 0 Å². The summed E-state index contributed by atoms with van der Waals surface area (Å²) >= 11 is 7.25. The third-order valence-electron chi connectivity index (χ3n) is 7.78. The average molecular weight is 648 g/mol. The molecule has 0 aliphatic heterocycles. The molecule has 1 aliphatic carbocycles. The maximum absolute atomic E-state index is 12.5. The van der Waals surface area contributed by atoms with E-state index < -0.39 is 5.60 Å². The average Bonchev–Trinajstić information content (AvgIpc) is 3.20. The molecule has 0 saturated heterocycles. The molecule has 0 fully saturated rings. The maximum Gasteiger partial charge on any atom is 0.142 e. The highest BCUT2D eigenvalue weighted by Crippen LogP contribution is 2.53. The predicted molar refractivity (Wildman–Crippen MR) is 169 cm³/mol. The van der Waals surface area contributed by atoms with Gasteiger partial charge in [0.15, 0.2) is 0 Å². The van der Waals surface area contributed by atoms with E-state index in [0.717, 1.165) is 66.7 Å². The van der Waals surface area contributed by atoms with E-state index in [1.165, 1.54) is 44.9 Å². The molecular weight excluding hydrogens is 612 g/mol. The molecule has 0 aromatic heterocycles. The summed E-state index contributed by atoms with van der Waals surface area (Å²) < 4.78 is 8.03. The molecular formula is C35H36Br2O2. The molecule has 202 valence electrons. The normalized spacial score (nSPS) is 13.2. The molecule has 4 heteroatoms. The lowest BCUT2D eigenvalue weighted by Crippen LogP contribution is -2.27. The third kappa shape index (κ3) is 6.04. The summed E-state index contributed by atoms with van der Waals surface area (Å²) in [6.07, 6.45) is 10.3. The van der Waals surface area contributed by atoms with Crippen molar-refractivity contribution >= 4 is 31.9 Å². The Bertz CT molecular complexity index is 1360. The van der Waals surface area contributed by atoms with Crippen LogP contribution >= 0.6 is 31.9 Å². The van der Waals surface area contributed by atoms with E-state index in [4.69, 9.17) is 4.74 Å². The van der Waals surface area contributed by atoms with Crippen molar-refractivity contribution in [2.45, 2.75) is 63.9 Å². The molecule has 4 aromatic rings. The van der Waals surface area contributed by atoms with E-state index in [-0.39, 0.29) is 0 Å². The lowest BCUT2D eigenvalue weighted by Gasteiger charge is -2.29. The number of aliphatic hydroxyl groups is 1. The van der Waals surface area contributed by atoms with Gasteiger partial charge in [0.25, 0.3) is 0 Å². The van der Waals surface area contributed by atoms with E-state index >= 15 is 0 Å². The minimum Gasteiger partial charge on any atom is -0.494 e. The van der Waals surface area contributed by atoms with Crippen LogP contribution < -0.4 is 4.74 Å². The van der Waals surface area contributed by atoms with Gasteiger partial charge in [-0.25, -0.2) is 0 Å². The van der Waals surface area contributed by atoms with Gasteiger partial charge in [0.1, 0.15) is 11.4 Å². The smallest absolute Gasteiger partial charge is 0.142 e. The Kier molecular flexibility index (Phi) is 9.27. The first-order chi connectivity index (χ1) is 19.0. The van der Waals surface area contributed by atoms with E-state index in [0.29, 0.717) is 0 Å². The van der Waals surface area contributed by atoms with Gasteiger partial charge in [-0.3, -0.25) is 0 Å². The molecule has 1 N–H and O–H groups in total. The minimum atomic E-state index is -1.26. The highest BCUT2D eigenvalue weighted by molar-refractivity contribution is 9.10. The van der Waals surface area contributed by atoms with Crippen LogP contribution in [-0.2, 0) is 5.60 Å². The largest absolute Gasteiger partial charge is 0.494 e. The summed E-state index contributed by atoms with van der Waals surface area (Å²) in [5.41, 5.74) is 5.58. The standard InChI is InChI=1S/C35H36Br2O2/c1-2-3-4-5-6-7-8-11-22-39-28-18-14-25(15-19-28)29-12-9-10-13-32(29)35(38)33-20-16-26(36)23-30(33)31-24-27(37)17-21-34(31)35/h9-10,12-21,23-24,38H,2-8,11,22H2,1H3. The van der Waals surface area contributed by atoms with Crippen molar-refractivity contribution < 1.29 is 9.84 Å². The first-order valence-electron chi connectivity index (χ1n) is 14.2. The Morgan fingerprint density at radius 1 is 0.615 bits per heavy atom. The zero-order valence-corrected chi connectivity index (χ0v) is 25.7. The molecule has 0 spiro atoms. The molecule has 0 bridgehead atoms. The Morgan fingerprint density at radius 2 is 1.15 bits per heavy atom. The SMILES string of the molecule is CCCCCCCCCCOc1ccc(-c2ccccc2C2(O)c3ccc(Br)cc3-c3cc(Br)ccc32)cc1. The van der Waals surface area contributed by atoms with Crippen LogP contribution in [-0.4, -0.2) is 11.7 Å². The van der Waals surface area contributed by atoms with Crippen LogP contribution in [0.4, 0.5) is 0 Å². The van der Waals surface area contributed by atoms with Gasteiger partial charge in [-0.15, -0.1) is 0 Å². The zero-order valence-electron chi connectivity index (χ0n) is 22.6. The topological polar surface area (TPSA) is 29.5 Å². The van der Waals surface area contributed by atoms with Gasteiger partial charge in [0.2, 0.25) is 0 Å². The first kappa shape index (κ1) is 28.1. The molecule has 0 heterocycles. The maximum atomic E-state index is 12.5. The van der Waals surface area contributed by atoms with Gasteiger partial charge >= 0.3 is 0 Å². The number of benzene rings is 4. The monoisotopic (exact) mass is 646 g/mol. The van der Waals surface area contributed by atoms with Crippen LogP contribution in [0.3, 0.4) is 0 Å². The number of hydrogen-bond donors (Lipinski definition) is 1. The van der Waals surface area contributed by atoms with Crippen LogP contribution in [0.15, 0.2) is 93.9 Å². The van der Waals surface area contributed by atoms with E-state index in [1.807, 2.05) is 54.6 Å². The molecule has 0 saturated carbocycles. The fourth-order valence-electron chi connectivity index (χ4n) is 5.75. The van der Waals surface area contributed by atoms with Gasteiger partial charge in [0, 0.05) is 25.6 Å². The van der Waals surface area contributed by atoms with Gasteiger partial charge in [0.05, 0.1) is 6.61 Å². The van der Waals surface area contributed by atoms with Crippen LogP contribution in [0, 0.1) is 0 Å². The molecule has 5 rings (SSSR count). The number of unbranched alkanes of at least 4 members (excludes halogenated alkanes) is 7. The fourth-order valence-corrected chi connectivity index (χ4v) is 6.47. The molecule has 0 radical (unpaired) electrons. The van der Waals surface area contributed by atoms with Crippen LogP contribution in [0.5, 0.6) is 5.75 Å². The molecule has 4 aromatic carbocycles. The number of halogens is 2. The second-order valence-electron chi connectivity index (χ2n) is 10.5. The summed E-state index contributed by atoms with van der Waals surface area (Å²) in [4.78, 5) is 0. The van der Waals surface area contributed by atoms with Crippen LogP contribution in [0.25, 0.3) is 22.3 Å². The van der Waals surface area contributed by atoms with Crippen molar-refractivity contribution in [3.8, 4) is 28.0 Å². The first-order valence-corrected chi connectivity index (χ1v) is 15.8. The molecule has 0 atom stereocenters. The molecule has 39 heavy (non-hydrogen) atoms. The van der Waals surface area contributed by atoms with Gasteiger partial charge in [-0.2, -0.15) is 0 Å². The lowest BCUT2D eigenvalue weighted by molar-refractivity contribution is 0.131. The Morgan fingerprint density at radius 3 is 1.77 bits per heavy atom. The number of hydrogen-bond acceptors (Lipinski definition) is 2. The molecule has 0 unspecified atom stereocenters. The van der Waals surface area contributed by atoms with Gasteiger partial charge < -0.3 is 9.84 Å². The number of fused-ring (bicyclic) bond motifs is 3. The summed E-state index contributed by atoms with van der Waals surface area (Å²) in [6, 6.07) is 28.8. The third-order valence-corrected chi connectivity index (χ3v) is 8.77. The number of ether oxygens (including phenoxy) is 1. The minimum absolute atomic E-state index is 0.753. The number of rotatable bonds is 12. The van der Waals surface area contributed by atoms with Gasteiger partial charge in [-0.1, -0.05) is 132 Å². The fraction of sp³-hybridized carbons (Fsp3) is 0.314. The van der Waals surface area contributed by atoms with Crippen LogP contribution in [0.1, 0.15) is 75.0 Å². The Balaban J connectivity index is 1.34. The summed E-state index contributed by atoms with van der Waals surface area (Å²) in [5.74, 6) is 0.893. The lowest BCUT2D eigenvalue weighted by atomic mass is 9.80. The second kappa shape index (κ2) is 12.8. The second-order valence-corrected chi connectivity index (χ2v) is 12.3. The molecule has 1 aliphatic rings. The van der Waals surface area contributed by atoms with Crippen molar-refractivity contribution in [3.63, 3.8) is 0 Å².